The minimum absolute atomic E-state index is 0.0431. The zero-order valence-electron chi connectivity index (χ0n) is 16.2. The van der Waals surface area contributed by atoms with E-state index in [2.05, 4.69) is 9.97 Å². The molecule has 3 aromatic rings. The van der Waals surface area contributed by atoms with Crippen molar-refractivity contribution >= 4 is 22.6 Å². The maximum atomic E-state index is 13.5. The second-order valence-electron chi connectivity index (χ2n) is 7.29. The first-order valence-corrected chi connectivity index (χ1v) is 9.50. The van der Waals surface area contributed by atoms with Gasteiger partial charge in [-0.05, 0) is 37.0 Å². The largest absolute Gasteiger partial charge is 0.329 e. The van der Waals surface area contributed by atoms with Gasteiger partial charge < -0.3 is 4.90 Å². The summed E-state index contributed by atoms with van der Waals surface area (Å²) < 4.78 is 1.40. The van der Waals surface area contributed by atoms with Crippen LogP contribution in [-0.4, -0.2) is 27.0 Å². The van der Waals surface area contributed by atoms with E-state index in [1.165, 1.54) is 4.57 Å². The van der Waals surface area contributed by atoms with E-state index >= 15 is 0 Å². The average Bonchev–Trinajstić information content (AvgIpc) is 3.10. The van der Waals surface area contributed by atoms with Crippen molar-refractivity contribution in [1.82, 2.24) is 14.5 Å². The number of carbonyl (C=O) groups is 1. The third kappa shape index (κ3) is 2.74. The number of nitrogens with one attached hydrogen (secondary N) is 1. The van der Waals surface area contributed by atoms with Crippen molar-refractivity contribution in [2.24, 2.45) is 0 Å². The summed E-state index contributed by atoms with van der Waals surface area (Å²) in [5.41, 5.74) is 2.10. The third-order valence-electron chi connectivity index (χ3n) is 5.24. The van der Waals surface area contributed by atoms with Crippen LogP contribution < -0.4 is 16.1 Å². The van der Waals surface area contributed by atoms with E-state index in [1.807, 2.05) is 38.1 Å². The van der Waals surface area contributed by atoms with Gasteiger partial charge in [0.1, 0.15) is 0 Å². The molecule has 28 heavy (non-hydrogen) atoms. The zero-order chi connectivity index (χ0) is 20.0. The van der Waals surface area contributed by atoms with Crippen molar-refractivity contribution in [2.75, 3.05) is 11.4 Å². The summed E-state index contributed by atoms with van der Waals surface area (Å²) in [7, 11) is 0. The summed E-state index contributed by atoms with van der Waals surface area (Å²) in [5.74, 6) is -0.201. The lowest BCUT2D eigenvalue weighted by Crippen LogP contribution is -2.34. The predicted molar refractivity (Wildman–Crippen MR) is 108 cm³/mol. The Morgan fingerprint density at radius 2 is 2.00 bits per heavy atom. The standard InChI is InChI=1S/C21H22N4O3/c1-4-24-18-17(19(26)23-21(24)28)14(11-15(22-18)12(2)3)20(27)25-10-9-13-7-5-6-8-16(13)25/h5-8,11-12H,4,9-10H2,1-3H3,(H,23,26,28). The van der Waals surface area contributed by atoms with Crippen molar-refractivity contribution in [1.29, 1.82) is 0 Å². The quantitative estimate of drug-likeness (QED) is 0.758. The number of hydrogen-bond donors (Lipinski definition) is 1. The maximum absolute atomic E-state index is 13.5. The van der Waals surface area contributed by atoms with Crippen LogP contribution in [0.3, 0.4) is 0 Å². The Morgan fingerprint density at radius 1 is 1.25 bits per heavy atom. The van der Waals surface area contributed by atoms with Crippen LogP contribution in [0.4, 0.5) is 5.69 Å². The number of nitrogens with zero attached hydrogens (tertiary/aromatic N) is 3. The zero-order valence-corrected chi connectivity index (χ0v) is 16.2. The van der Waals surface area contributed by atoms with Gasteiger partial charge in [-0.2, -0.15) is 0 Å². The number of aromatic amines is 1. The van der Waals surface area contributed by atoms with Gasteiger partial charge in [0.2, 0.25) is 0 Å². The van der Waals surface area contributed by atoms with E-state index in [-0.39, 0.29) is 28.4 Å². The fourth-order valence-corrected chi connectivity index (χ4v) is 3.75. The molecule has 7 heteroatoms. The number of amides is 1. The summed E-state index contributed by atoms with van der Waals surface area (Å²) in [6, 6.07) is 9.47. The number of pyridine rings is 1. The van der Waals surface area contributed by atoms with Gasteiger partial charge in [-0.1, -0.05) is 32.0 Å². The molecule has 0 aliphatic carbocycles. The summed E-state index contributed by atoms with van der Waals surface area (Å²) in [6.07, 6.45) is 0.776. The third-order valence-corrected chi connectivity index (χ3v) is 5.24. The summed E-state index contributed by atoms with van der Waals surface area (Å²) in [6.45, 7) is 6.65. The minimum atomic E-state index is -0.580. The number of para-hydroxylation sites is 1. The highest BCUT2D eigenvalue weighted by Gasteiger charge is 2.28. The lowest BCUT2D eigenvalue weighted by molar-refractivity contribution is 0.0990. The molecule has 0 bridgehead atoms. The number of rotatable bonds is 3. The van der Waals surface area contributed by atoms with Gasteiger partial charge in [0.15, 0.2) is 5.65 Å². The number of fused-ring (bicyclic) bond motifs is 2. The van der Waals surface area contributed by atoms with E-state index in [1.54, 1.807) is 17.9 Å². The summed E-state index contributed by atoms with van der Waals surface area (Å²) >= 11 is 0. The number of carbonyl (C=O) groups excluding carboxylic acids is 1. The van der Waals surface area contributed by atoms with E-state index in [0.717, 1.165) is 17.7 Å². The molecular weight excluding hydrogens is 356 g/mol. The Labute approximate surface area is 161 Å². The van der Waals surface area contributed by atoms with Gasteiger partial charge in [-0.15, -0.1) is 0 Å². The highest BCUT2D eigenvalue weighted by atomic mass is 16.2. The van der Waals surface area contributed by atoms with Crippen LogP contribution >= 0.6 is 0 Å². The van der Waals surface area contributed by atoms with Crippen molar-refractivity contribution in [2.45, 2.75) is 39.7 Å². The van der Waals surface area contributed by atoms with Gasteiger partial charge in [-0.25, -0.2) is 9.78 Å². The van der Waals surface area contributed by atoms with E-state index in [4.69, 9.17) is 0 Å². The molecule has 0 fully saturated rings. The molecule has 2 aromatic heterocycles. The second kappa shape index (κ2) is 6.74. The first-order chi connectivity index (χ1) is 13.4. The monoisotopic (exact) mass is 378 g/mol. The fraction of sp³-hybridized carbons (Fsp3) is 0.333. The van der Waals surface area contributed by atoms with E-state index in [0.29, 0.717) is 18.8 Å². The van der Waals surface area contributed by atoms with Crippen LogP contribution in [0.2, 0.25) is 0 Å². The number of benzene rings is 1. The predicted octanol–water partition coefficient (Wildman–Crippen LogP) is 2.43. The van der Waals surface area contributed by atoms with Crippen molar-refractivity contribution < 1.29 is 4.79 Å². The Hall–Kier alpha value is -3.22. The van der Waals surface area contributed by atoms with E-state index < -0.39 is 11.2 Å². The number of aromatic nitrogens is 3. The maximum Gasteiger partial charge on any atom is 0.329 e. The molecule has 0 spiro atoms. The van der Waals surface area contributed by atoms with Crippen LogP contribution in [-0.2, 0) is 13.0 Å². The second-order valence-corrected chi connectivity index (χ2v) is 7.29. The average molecular weight is 378 g/mol. The molecule has 1 aliphatic heterocycles. The molecule has 3 heterocycles. The minimum Gasteiger partial charge on any atom is -0.308 e. The van der Waals surface area contributed by atoms with Gasteiger partial charge in [0.05, 0.1) is 10.9 Å². The van der Waals surface area contributed by atoms with Crippen molar-refractivity contribution in [3.63, 3.8) is 0 Å². The number of anilines is 1. The molecular formula is C21H22N4O3. The molecule has 0 radical (unpaired) electrons. The van der Waals surface area contributed by atoms with Crippen LogP contribution in [0, 0.1) is 0 Å². The number of H-pyrrole nitrogens is 1. The summed E-state index contributed by atoms with van der Waals surface area (Å²) in [5, 5.41) is 0.167. The molecule has 1 aliphatic rings. The van der Waals surface area contributed by atoms with Gasteiger partial charge in [0, 0.05) is 24.5 Å². The Morgan fingerprint density at radius 3 is 2.71 bits per heavy atom. The molecule has 0 saturated carbocycles. The molecule has 0 saturated heterocycles. The Kier molecular flexibility index (Phi) is 4.37. The highest BCUT2D eigenvalue weighted by Crippen LogP contribution is 2.30. The van der Waals surface area contributed by atoms with Gasteiger partial charge in [-0.3, -0.25) is 19.1 Å². The van der Waals surface area contributed by atoms with E-state index in [9.17, 15) is 14.4 Å². The van der Waals surface area contributed by atoms with Gasteiger partial charge in [0.25, 0.3) is 11.5 Å². The van der Waals surface area contributed by atoms with Crippen molar-refractivity contribution in [3.8, 4) is 0 Å². The topological polar surface area (TPSA) is 88.1 Å². The molecule has 1 N–H and O–H groups in total. The van der Waals surface area contributed by atoms with Crippen LogP contribution in [0.1, 0.15) is 48.3 Å². The lowest BCUT2D eigenvalue weighted by atomic mass is 10.0. The fourth-order valence-electron chi connectivity index (χ4n) is 3.75. The molecule has 7 nitrogen and oxygen atoms in total. The molecule has 144 valence electrons. The van der Waals surface area contributed by atoms with Gasteiger partial charge >= 0.3 is 5.69 Å². The lowest BCUT2D eigenvalue weighted by Gasteiger charge is -2.20. The van der Waals surface area contributed by atoms with Crippen LogP contribution in [0.5, 0.6) is 0 Å². The number of aryl methyl sites for hydroxylation is 1. The highest BCUT2D eigenvalue weighted by molar-refractivity contribution is 6.13. The summed E-state index contributed by atoms with van der Waals surface area (Å²) in [4.78, 5) is 47.0. The molecule has 1 aromatic carbocycles. The van der Waals surface area contributed by atoms with Crippen LogP contribution in [0.25, 0.3) is 11.0 Å². The molecule has 1 amide bonds. The smallest absolute Gasteiger partial charge is 0.308 e. The normalized spacial score (nSPS) is 13.4. The molecule has 4 rings (SSSR count). The molecule has 0 atom stereocenters. The Bertz CT molecular complexity index is 1210. The SMILES string of the molecule is CCn1c(=O)[nH]c(=O)c2c(C(=O)N3CCc4ccccc43)cc(C(C)C)nc21. The first kappa shape index (κ1) is 18.2. The number of hydrogen-bond acceptors (Lipinski definition) is 4. The molecule has 0 unspecified atom stereocenters. The van der Waals surface area contributed by atoms with Crippen molar-refractivity contribution in [3.05, 3.63) is 68.0 Å². The first-order valence-electron chi connectivity index (χ1n) is 9.50. The van der Waals surface area contributed by atoms with Crippen LogP contribution in [0.15, 0.2) is 39.9 Å². The Balaban J connectivity index is 2.00.